The maximum absolute atomic E-state index is 11.3. The molecule has 4 rings (SSSR count). The maximum Gasteiger partial charge on any atom is 0.264 e. The number of ether oxygens (including phenoxy) is 1. The van der Waals surface area contributed by atoms with Crippen molar-refractivity contribution >= 4 is 5.52 Å². The third kappa shape index (κ3) is 2.32. The lowest BCUT2D eigenvalue weighted by Crippen LogP contribution is -2.05. The summed E-state index contributed by atoms with van der Waals surface area (Å²) in [7, 11) is 1.63. The summed E-state index contributed by atoms with van der Waals surface area (Å²) < 4.78 is 6.95. The Morgan fingerprint density at radius 2 is 1.96 bits per heavy atom. The van der Waals surface area contributed by atoms with Crippen molar-refractivity contribution < 1.29 is 4.74 Å². The molecule has 118 valence electrons. The van der Waals surface area contributed by atoms with E-state index in [1.165, 1.54) is 6.07 Å². The zero-order valence-corrected chi connectivity index (χ0v) is 12.8. The first-order valence-corrected chi connectivity index (χ1v) is 7.29. The molecule has 3 aromatic heterocycles. The maximum atomic E-state index is 11.3. The van der Waals surface area contributed by atoms with Crippen molar-refractivity contribution in [2.75, 3.05) is 7.11 Å². The SMILES string of the molecule is COc1ccc(-c2nn3ccncc3c2-c2ccc(=O)[nH]n2)cc1. The third-order valence-electron chi connectivity index (χ3n) is 3.74. The van der Waals surface area contributed by atoms with Crippen molar-refractivity contribution in [2.24, 2.45) is 0 Å². The topological polar surface area (TPSA) is 85.2 Å². The molecule has 0 spiro atoms. The molecule has 4 aromatic rings. The molecule has 0 radical (unpaired) electrons. The fourth-order valence-corrected chi connectivity index (χ4v) is 2.59. The van der Waals surface area contributed by atoms with Crippen LogP contribution in [-0.2, 0) is 0 Å². The molecule has 0 aliphatic heterocycles. The van der Waals surface area contributed by atoms with Crippen LogP contribution in [0.4, 0.5) is 0 Å². The number of methoxy groups -OCH3 is 1. The first-order chi connectivity index (χ1) is 11.8. The van der Waals surface area contributed by atoms with Gasteiger partial charge in [0.1, 0.15) is 11.4 Å². The van der Waals surface area contributed by atoms with Crippen LogP contribution in [0.3, 0.4) is 0 Å². The molecule has 1 aromatic carbocycles. The zero-order chi connectivity index (χ0) is 16.5. The van der Waals surface area contributed by atoms with Crippen molar-refractivity contribution in [1.82, 2.24) is 24.8 Å². The van der Waals surface area contributed by atoms with Crippen molar-refractivity contribution in [2.45, 2.75) is 0 Å². The Hall–Kier alpha value is -3.48. The predicted octanol–water partition coefficient (Wildman–Crippen LogP) is 2.16. The highest BCUT2D eigenvalue weighted by molar-refractivity contribution is 5.90. The number of nitrogens with zero attached hydrogens (tertiary/aromatic N) is 4. The average molecular weight is 319 g/mol. The average Bonchev–Trinajstić information content (AvgIpc) is 3.02. The number of hydrogen-bond acceptors (Lipinski definition) is 5. The van der Waals surface area contributed by atoms with Gasteiger partial charge in [0.15, 0.2) is 0 Å². The Morgan fingerprint density at radius 1 is 1.12 bits per heavy atom. The van der Waals surface area contributed by atoms with Gasteiger partial charge in [0, 0.05) is 24.0 Å². The number of hydrogen-bond donors (Lipinski definition) is 1. The minimum atomic E-state index is -0.251. The Labute approximate surface area is 136 Å². The van der Waals surface area contributed by atoms with E-state index < -0.39 is 0 Å². The van der Waals surface area contributed by atoms with Gasteiger partial charge in [-0.1, -0.05) is 0 Å². The molecular formula is C17H13N5O2. The zero-order valence-electron chi connectivity index (χ0n) is 12.8. The fourth-order valence-electron chi connectivity index (χ4n) is 2.59. The van der Waals surface area contributed by atoms with Gasteiger partial charge >= 0.3 is 0 Å². The summed E-state index contributed by atoms with van der Waals surface area (Å²) in [6.45, 7) is 0. The smallest absolute Gasteiger partial charge is 0.264 e. The summed E-state index contributed by atoms with van der Waals surface area (Å²) in [6, 6.07) is 10.7. The molecule has 0 aliphatic carbocycles. The monoisotopic (exact) mass is 319 g/mol. The summed E-state index contributed by atoms with van der Waals surface area (Å²) in [6.07, 6.45) is 5.17. The summed E-state index contributed by atoms with van der Waals surface area (Å²) in [5, 5.41) is 11.3. The number of aromatic nitrogens is 5. The summed E-state index contributed by atoms with van der Waals surface area (Å²) >= 11 is 0. The number of fused-ring (bicyclic) bond motifs is 1. The van der Waals surface area contributed by atoms with Crippen LogP contribution in [0.2, 0.25) is 0 Å². The van der Waals surface area contributed by atoms with Crippen molar-refractivity contribution in [3.8, 4) is 28.3 Å². The van der Waals surface area contributed by atoms with E-state index in [-0.39, 0.29) is 5.56 Å². The molecule has 7 nitrogen and oxygen atoms in total. The van der Waals surface area contributed by atoms with Crippen LogP contribution >= 0.6 is 0 Å². The van der Waals surface area contributed by atoms with Crippen LogP contribution < -0.4 is 10.3 Å². The Balaban J connectivity index is 1.98. The van der Waals surface area contributed by atoms with E-state index in [0.29, 0.717) is 5.69 Å². The Kier molecular flexibility index (Phi) is 3.31. The van der Waals surface area contributed by atoms with E-state index in [2.05, 4.69) is 20.3 Å². The Morgan fingerprint density at radius 3 is 2.67 bits per heavy atom. The summed E-state index contributed by atoms with van der Waals surface area (Å²) in [5.74, 6) is 0.771. The van der Waals surface area contributed by atoms with Crippen LogP contribution in [0, 0.1) is 0 Å². The molecule has 1 N–H and O–H groups in total. The van der Waals surface area contributed by atoms with E-state index in [1.807, 2.05) is 24.3 Å². The molecule has 24 heavy (non-hydrogen) atoms. The number of rotatable bonds is 3. The highest BCUT2D eigenvalue weighted by atomic mass is 16.5. The van der Waals surface area contributed by atoms with Gasteiger partial charge in [-0.15, -0.1) is 0 Å². The van der Waals surface area contributed by atoms with Gasteiger partial charge in [-0.05, 0) is 30.3 Å². The normalized spacial score (nSPS) is 10.9. The standard InChI is InChI=1S/C17H13N5O2/c1-24-12-4-2-11(3-5-12)17-16(13-6-7-15(23)20-19-13)14-10-18-8-9-22(14)21-17/h2-10H,1H3,(H,20,23). The molecule has 0 fully saturated rings. The number of nitrogens with one attached hydrogen (secondary N) is 1. The van der Waals surface area contributed by atoms with Gasteiger partial charge < -0.3 is 4.74 Å². The second-order valence-corrected chi connectivity index (χ2v) is 5.16. The number of H-pyrrole nitrogens is 1. The second kappa shape index (κ2) is 5.62. The van der Waals surface area contributed by atoms with Crippen molar-refractivity contribution in [3.05, 3.63) is 65.3 Å². The first-order valence-electron chi connectivity index (χ1n) is 7.29. The van der Waals surface area contributed by atoms with Gasteiger partial charge in [0.2, 0.25) is 0 Å². The van der Waals surface area contributed by atoms with Crippen LogP contribution in [-0.4, -0.2) is 31.9 Å². The van der Waals surface area contributed by atoms with E-state index >= 15 is 0 Å². The van der Waals surface area contributed by atoms with Gasteiger partial charge in [-0.3, -0.25) is 9.78 Å². The second-order valence-electron chi connectivity index (χ2n) is 5.16. The fraction of sp³-hybridized carbons (Fsp3) is 0.0588. The van der Waals surface area contributed by atoms with E-state index in [4.69, 9.17) is 4.74 Å². The van der Waals surface area contributed by atoms with Gasteiger partial charge in [0.05, 0.1) is 30.1 Å². The predicted molar refractivity (Wildman–Crippen MR) is 88.8 cm³/mol. The number of aromatic amines is 1. The molecule has 0 atom stereocenters. The third-order valence-corrected chi connectivity index (χ3v) is 3.74. The molecule has 7 heteroatoms. The first kappa shape index (κ1) is 14.1. The van der Waals surface area contributed by atoms with Crippen LogP contribution in [0.25, 0.3) is 28.0 Å². The van der Waals surface area contributed by atoms with Crippen molar-refractivity contribution in [1.29, 1.82) is 0 Å². The lowest BCUT2D eigenvalue weighted by molar-refractivity contribution is 0.415. The number of benzene rings is 1. The summed E-state index contributed by atoms with van der Waals surface area (Å²) in [5.41, 5.74) is 3.67. The molecule has 0 saturated carbocycles. The highest BCUT2D eigenvalue weighted by Gasteiger charge is 2.17. The van der Waals surface area contributed by atoms with Crippen LogP contribution in [0.1, 0.15) is 0 Å². The van der Waals surface area contributed by atoms with Gasteiger partial charge in [-0.25, -0.2) is 9.61 Å². The van der Waals surface area contributed by atoms with Crippen molar-refractivity contribution in [3.63, 3.8) is 0 Å². The highest BCUT2D eigenvalue weighted by Crippen LogP contribution is 2.33. The van der Waals surface area contributed by atoms with Gasteiger partial charge in [-0.2, -0.15) is 10.2 Å². The molecule has 0 saturated heterocycles. The lowest BCUT2D eigenvalue weighted by atomic mass is 10.0. The summed E-state index contributed by atoms with van der Waals surface area (Å²) in [4.78, 5) is 15.5. The quantitative estimate of drug-likeness (QED) is 0.625. The van der Waals surface area contributed by atoms with Gasteiger partial charge in [0.25, 0.3) is 5.56 Å². The minimum absolute atomic E-state index is 0.251. The minimum Gasteiger partial charge on any atom is -0.497 e. The Bertz CT molecular complexity index is 1050. The molecule has 0 bridgehead atoms. The van der Waals surface area contributed by atoms with Crippen LogP contribution in [0.5, 0.6) is 5.75 Å². The molecular weight excluding hydrogens is 306 g/mol. The van der Waals surface area contributed by atoms with E-state index in [1.54, 1.807) is 36.3 Å². The molecule has 0 unspecified atom stereocenters. The molecule has 0 amide bonds. The van der Waals surface area contributed by atoms with E-state index in [0.717, 1.165) is 28.1 Å². The lowest BCUT2D eigenvalue weighted by Gasteiger charge is -2.04. The van der Waals surface area contributed by atoms with E-state index in [9.17, 15) is 4.79 Å². The molecule has 3 heterocycles. The molecule has 0 aliphatic rings. The van der Waals surface area contributed by atoms with Crippen LogP contribution in [0.15, 0.2) is 59.8 Å². The largest absolute Gasteiger partial charge is 0.497 e.